The molecule has 1 aliphatic heterocycles. The SMILES string of the molecule is CCC(=O)Oc1cc2ccc(CCN3CCCCC3C)cc2cc1OC(=O)CC.Cl. The van der Waals surface area contributed by atoms with E-state index in [0.717, 1.165) is 23.7 Å². The van der Waals surface area contributed by atoms with Gasteiger partial charge in [-0.15, -0.1) is 12.4 Å². The summed E-state index contributed by atoms with van der Waals surface area (Å²) in [6, 6.07) is 10.5. The van der Waals surface area contributed by atoms with E-state index in [0.29, 0.717) is 17.5 Å². The third-order valence-corrected chi connectivity index (χ3v) is 5.62. The lowest BCUT2D eigenvalue weighted by atomic mass is 10.0. The van der Waals surface area contributed by atoms with Crippen LogP contribution in [0, 0.1) is 0 Å². The van der Waals surface area contributed by atoms with Gasteiger partial charge in [-0.05, 0) is 61.2 Å². The van der Waals surface area contributed by atoms with Gasteiger partial charge in [-0.25, -0.2) is 0 Å². The van der Waals surface area contributed by atoms with Crippen LogP contribution in [0.5, 0.6) is 11.5 Å². The predicted octanol–water partition coefficient (Wildman–Crippen LogP) is 5.31. The van der Waals surface area contributed by atoms with Crippen molar-refractivity contribution in [1.29, 1.82) is 0 Å². The maximum absolute atomic E-state index is 11.8. The molecule has 1 fully saturated rings. The Morgan fingerprint density at radius 2 is 1.60 bits per heavy atom. The van der Waals surface area contributed by atoms with Gasteiger partial charge in [0.2, 0.25) is 0 Å². The second kappa shape index (κ2) is 11.3. The fourth-order valence-corrected chi connectivity index (χ4v) is 3.77. The smallest absolute Gasteiger partial charge is 0.311 e. The monoisotopic (exact) mass is 433 g/mol. The van der Waals surface area contributed by atoms with Crippen LogP contribution in [0.1, 0.15) is 58.4 Å². The number of nitrogens with zero attached hydrogens (tertiary/aromatic N) is 1. The summed E-state index contributed by atoms with van der Waals surface area (Å²) in [4.78, 5) is 26.2. The van der Waals surface area contributed by atoms with Gasteiger partial charge in [-0.2, -0.15) is 0 Å². The Bertz CT molecular complexity index is 883. The Morgan fingerprint density at radius 1 is 0.967 bits per heavy atom. The maximum atomic E-state index is 11.8. The van der Waals surface area contributed by atoms with E-state index in [9.17, 15) is 9.59 Å². The molecule has 2 aromatic carbocycles. The normalized spacial score (nSPS) is 16.7. The summed E-state index contributed by atoms with van der Waals surface area (Å²) in [5.74, 6) is -0.118. The van der Waals surface area contributed by atoms with Gasteiger partial charge >= 0.3 is 11.9 Å². The Balaban J connectivity index is 0.00000320. The number of hydrogen-bond donors (Lipinski definition) is 0. The second-order valence-corrected chi connectivity index (χ2v) is 7.77. The number of rotatable bonds is 7. The number of benzene rings is 2. The highest BCUT2D eigenvalue weighted by molar-refractivity contribution is 5.89. The molecule has 164 valence electrons. The molecule has 5 nitrogen and oxygen atoms in total. The summed E-state index contributed by atoms with van der Waals surface area (Å²) >= 11 is 0. The summed E-state index contributed by atoms with van der Waals surface area (Å²) in [6.45, 7) is 8.01. The molecule has 1 aliphatic rings. The molecule has 1 atom stereocenters. The zero-order valence-corrected chi connectivity index (χ0v) is 18.9. The van der Waals surface area contributed by atoms with Crippen molar-refractivity contribution < 1.29 is 19.1 Å². The van der Waals surface area contributed by atoms with Crippen LogP contribution in [-0.2, 0) is 16.0 Å². The van der Waals surface area contributed by atoms with Crippen LogP contribution in [0.3, 0.4) is 0 Å². The number of fused-ring (bicyclic) bond motifs is 1. The fraction of sp³-hybridized carbons (Fsp3) is 0.500. The molecule has 1 saturated heterocycles. The van der Waals surface area contributed by atoms with Crippen LogP contribution in [0.4, 0.5) is 0 Å². The summed E-state index contributed by atoms with van der Waals surface area (Å²) in [6.07, 6.45) is 5.39. The summed E-state index contributed by atoms with van der Waals surface area (Å²) in [5.41, 5.74) is 1.25. The van der Waals surface area contributed by atoms with Crippen molar-refractivity contribution in [3.63, 3.8) is 0 Å². The van der Waals surface area contributed by atoms with Gasteiger partial charge in [-0.3, -0.25) is 9.59 Å². The third-order valence-electron chi connectivity index (χ3n) is 5.62. The lowest BCUT2D eigenvalue weighted by molar-refractivity contribution is -0.136. The van der Waals surface area contributed by atoms with Gasteiger partial charge in [0, 0.05) is 25.4 Å². The van der Waals surface area contributed by atoms with E-state index >= 15 is 0 Å². The van der Waals surface area contributed by atoms with Crippen LogP contribution in [0.2, 0.25) is 0 Å². The molecule has 0 saturated carbocycles. The van der Waals surface area contributed by atoms with Crippen LogP contribution < -0.4 is 9.47 Å². The van der Waals surface area contributed by atoms with Crippen molar-refractivity contribution in [2.75, 3.05) is 13.1 Å². The molecule has 0 bridgehead atoms. The minimum Gasteiger partial charge on any atom is -0.422 e. The number of piperidine rings is 1. The van der Waals surface area contributed by atoms with Crippen molar-refractivity contribution in [3.05, 3.63) is 35.9 Å². The number of hydrogen-bond acceptors (Lipinski definition) is 5. The van der Waals surface area contributed by atoms with Crippen LogP contribution in [0.15, 0.2) is 30.3 Å². The van der Waals surface area contributed by atoms with Gasteiger partial charge in [0.05, 0.1) is 0 Å². The van der Waals surface area contributed by atoms with Crippen LogP contribution in [0.25, 0.3) is 10.8 Å². The molecule has 3 rings (SSSR count). The Kier molecular flexibility index (Phi) is 9.12. The number of halogens is 1. The van der Waals surface area contributed by atoms with E-state index < -0.39 is 0 Å². The van der Waals surface area contributed by atoms with Gasteiger partial charge in [0.15, 0.2) is 11.5 Å². The first kappa shape index (κ1) is 24.2. The highest BCUT2D eigenvalue weighted by Gasteiger charge is 2.18. The largest absolute Gasteiger partial charge is 0.422 e. The fourth-order valence-electron chi connectivity index (χ4n) is 3.77. The molecule has 0 aromatic heterocycles. The van der Waals surface area contributed by atoms with Crippen LogP contribution in [-0.4, -0.2) is 36.0 Å². The maximum Gasteiger partial charge on any atom is 0.311 e. The highest BCUT2D eigenvalue weighted by Crippen LogP contribution is 2.34. The van der Waals surface area contributed by atoms with Crippen LogP contribution >= 0.6 is 12.4 Å². The highest BCUT2D eigenvalue weighted by atomic mass is 35.5. The summed E-state index contributed by atoms with van der Waals surface area (Å²) in [7, 11) is 0. The molecule has 0 spiro atoms. The number of likely N-dealkylation sites (tertiary alicyclic amines) is 1. The number of carbonyl (C=O) groups excluding carboxylic acids is 2. The number of esters is 2. The molecule has 0 amide bonds. The van der Waals surface area contributed by atoms with E-state index in [4.69, 9.17) is 9.47 Å². The second-order valence-electron chi connectivity index (χ2n) is 7.77. The molecular weight excluding hydrogens is 402 g/mol. The van der Waals surface area contributed by atoms with Gasteiger partial charge in [0.25, 0.3) is 0 Å². The quantitative estimate of drug-likeness (QED) is 0.437. The molecule has 6 heteroatoms. The molecule has 0 aliphatic carbocycles. The van der Waals surface area contributed by atoms with Crippen molar-refractivity contribution in [2.45, 2.75) is 65.3 Å². The minimum atomic E-state index is -0.356. The molecule has 0 radical (unpaired) electrons. The van der Waals surface area contributed by atoms with Gasteiger partial charge < -0.3 is 14.4 Å². The molecular formula is C24H32ClNO4. The van der Waals surface area contributed by atoms with E-state index in [2.05, 4.69) is 24.0 Å². The van der Waals surface area contributed by atoms with Crippen molar-refractivity contribution >= 4 is 35.1 Å². The van der Waals surface area contributed by atoms with Crippen molar-refractivity contribution in [2.24, 2.45) is 0 Å². The van der Waals surface area contributed by atoms with Gasteiger partial charge in [0.1, 0.15) is 0 Å². The average Bonchev–Trinajstić information content (AvgIpc) is 2.73. The predicted molar refractivity (Wildman–Crippen MR) is 122 cm³/mol. The first-order valence-electron chi connectivity index (χ1n) is 10.7. The average molecular weight is 434 g/mol. The van der Waals surface area contributed by atoms with E-state index in [1.54, 1.807) is 26.0 Å². The first-order valence-corrected chi connectivity index (χ1v) is 10.7. The van der Waals surface area contributed by atoms with E-state index in [1.807, 2.05) is 6.07 Å². The van der Waals surface area contributed by atoms with E-state index in [1.165, 1.54) is 31.4 Å². The Labute approximate surface area is 185 Å². The van der Waals surface area contributed by atoms with Crippen molar-refractivity contribution in [3.8, 4) is 11.5 Å². The molecule has 0 N–H and O–H groups in total. The molecule has 1 unspecified atom stereocenters. The lowest BCUT2D eigenvalue weighted by Crippen LogP contribution is -2.38. The van der Waals surface area contributed by atoms with Gasteiger partial charge in [-0.1, -0.05) is 38.5 Å². The lowest BCUT2D eigenvalue weighted by Gasteiger charge is -2.33. The summed E-state index contributed by atoms with van der Waals surface area (Å²) < 4.78 is 10.8. The number of carbonyl (C=O) groups is 2. The molecule has 1 heterocycles. The third kappa shape index (κ3) is 6.19. The van der Waals surface area contributed by atoms with E-state index in [-0.39, 0.29) is 37.2 Å². The Hall–Kier alpha value is -2.11. The Morgan fingerprint density at radius 3 is 2.20 bits per heavy atom. The minimum absolute atomic E-state index is 0. The standard InChI is InChI=1S/C24H31NO4.ClH/c1-4-23(26)28-21-15-19-10-9-18(11-13-25-12-7-6-8-17(25)3)14-20(19)16-22(21)29-24(27)5-2;/h9-10,14-17H,4-8,11-13H2,1-3H3;1H. The molecule has 2 aromatic rings. The number of ether oxygens (including phenoxy) is 2. The zero-order valence-electron chi connectivity index (χ0n) is 18.1. The first-order chi connectivity index (χ1) is 14.0. The summed E-state index contributed by atoms with van der Waals surface area (Å²) in [5, 5.41) is 1.93. The topological polar surface area (TPSA) is 55.8 Å². The molecule has 30 heavy (non-hydrogen) atoms. The van der Waals surface area contributed by atoms with Crippen molar-refractivity contribution in [1.82, 2.24) is 4.90 Å². The zero-order chi connectivity index (χ0) is 20.8.